The van der Waals surface area contributed by atoms with Gasteiger partial charge in [-0.1, -0.05) is 0 Å². The molecule has 5 nitrogen and oxygen atoms in total. The number of thiazole rings is 1. The highest BCUT2D eigenvalue weighted by molar-refractivity contribution is 7.07. The number of rotatable bonds is 3. The quantitative estimate of drug-likeness (QED) is 0.770. The first-order valence-electron chi connectivity index (χ1n) is 5.93. The molecule has 1 aliphatic rings. The number of carbonyl (C=O) groups is 2. The Balaban J connectivity index is 1.82. The molecule has 0 spiro atoms. The van der Waals surface area contributed by atoms with Gasteiger partial charge in [-0.25, -0.2) is 4.98 Å². The van der Waals surface area contributed by atoms with E-state index in [0.29, 0.717) is 32.4 Å². The van der Waals surface area contributed by atoms with Crippen LogP contribution in [0.25, 0.3) is 0 Å². The van der Waals surface area contributed by atoms with Gasteiger partial charge in [0, 0.05) is 18.5 Å². The molecule has 1 aromatic rings. The van der Waals surface area contributed by atoms with Crippen LogP contribution >= 0.6 is 11.3 Å². The van der Waals surface area contributed by atoms with Crippen molar-refractivity contribution in [2.24, 2.45) is 5.92 Å². The topological polar surface area (TPSA) is 59.5 Å². The molecule has 98 valence electrons. The normalized spacial score (nSPS) is 16.6. The number of amides is 1. The first-order chi connectivity index (χ1) is 8.70. The van der Waals surface area contributed by atoms with E-state index in [9.17, 15) is 9.59 Å². The Morgan fingerprint density at radius 2 is 2.22 bits per heavy atom. The number of esters is 1. The lowest BCUT2D eigenvalue weighted by Gasteiger charge is -2.30. The minimum absolute atomic E-state index is 0.0571. The fourth-order valence-corrected chi connectivity index (χ4v) is 2.68. The highest BCUT2D eigenvalue weighted by Crippen LogP contribution is 2.19. The van der Waals surface area contributed by atoms with Crippen LogP contribution in [-0.4, -0.2) is 42.0 Å². The van der Waals surface area contributed by atoms with Crippen molar-refractivity contribution in [2.45, 2.75) is 19.3 Å². The summed E-state index contributed by atoms with van der Waals surface area (Å²) in [6.07, 6.45) is 1.73. The fraction of sp³-hybridized carbons (Fsp3) is 0.583. The largest absolute Gasteiger partial charge is 0.469 e. The molecule has 0 saturated carbocycles. The van der Waals surface area contributed by atoms with Crippen molar-refractivity contribution in [2.75, 3.05) is 20.2 Å². The van der Waals surface area contributed by atoms with Crippen molar-refractivity contribution in [1.29, 1.82) is 0 Å². The van der Waals surface area contributed by atoms with Gasteiger partial charge in [-0.05, 0) is 12.8 Å². The molecule has 0 aromatic carbocycles. The highest BCUT2D eigenvalue weighted by atomic mass is 32.1. The Morgan fingerprint density at radius 3 is 2.78 bits per heavy atom. The molecule has 1 fully saturated rings. The molecular formula is C12H16N2O3S. The van der Waals surface area contributed by atoms with Crippen LogP contribution in [0.2, 0.25) is 0 Å². The van der Waals surface area contributed by atoms with Crippen LogP contribution in [-0.2, 0) is 20.7 Å². The van der Waals surface area contributed by atoms with E-state index in [4.69, 9.17) is 4.74 Å². The van der Waals surface area contributed by atoms with Gasteiger partial charge in [0.15, 0.2) is 0 Å². The molecular weight excluding hydrogens is 252 g/mol. The maximum atomic E-state index is 12.0. The van der Waals surface area contributed by atoms with Crippen molar-refractivity contribution in [3.05, 3.63) is 16.6 Å². The van der Waals surface area contributed by atoms with Crippen molar-refractivity contribution in [3.63, 3.8) is 0 Å². The summed E-state index contributed by atoms with van der Waals surface area (Å²) >= 11 is 1.49. The van der Waals surface area contributed by atoms with E-state index >= 15 is 0 Å². The SMILES string of the molecule is COC(=O)C1CCN(C(=O)Cc2cscn2)CC1. The van der Waals surface area contributed by atoms with Crippen molar-refractivity contribution in [3.8, 4) is 0 Å². The molecule has 0 bridgehead atoms. The average molecular weight is 268 g/mol. The summed E-state index contributed by atoms with van der Waals surface area (Å²) < 4.78 is 4.72. The molecule has 1 amide bonds. The number of likely N-dealkylation sites (tertiary alicyclic amines) is 1. The second-order valence-corrected chi connectivity index (χ2v) is 5.05. The Morgan fingerprint density at radius 1 is 1.50 bits per heavy atom. The van der Waals surface area contributed by atoms with Gasteiger partial charge in [0.05, 0.1) is 30.7 Å². The molecule has 0 unspecified atom stereocenters. The van der Waals surface area contributed by atoms with Crippen LogP contribution < -0.4 is 0 Å². The summed E-state index contributed by atoms with van der Waals surface area (Å²) in [5, 5.41) is 1.89. The van der Waals surface area contributed by atoms with Crippen LogP contribution in [0, 0.1) is 5.92 Å². The van der Waals surface area contributed by atoms with Crippen LogP contribution in [0.3, 0.4) is 0 Å². The minimum atomic E-state index is -0.165. The van der Waals surface area contributed by atoms with Crippen molar-refractivity contribution in [1.82, 2.24) is 9.88 Å². The molecule has 0 N–H and O–H groups in total. The molecule has 18 heavy (non-hydrogen) atoms. The Bertz CT molecular complexity index is 411. The number of methoxy groups -OCH3 is 1. The van der Waals surface area contributed by atoms with Gasteiger partial charge < -0.3 is 9.64 Å². The molecule has 1 aliphatic heterocycles. The number of carbonyl (C=O) groups excluding carboxylic acids is 2. The first-order valence-corrected chi connectivity index (χ1v) is 6.87. The second-order valence-electron chi connectivity index (χ2n) is 4.33. The first kappa shape index (κ1) is 13.0. The third-order valence-electron chi connectivity index (χ3n) is 3.20. The number of piperidine rings is 1. The van der Waals surface area contributed by atoms with Gasteiger partial charge in [-0.2, -0.15) is 0 Å². The third kappa shape index (κ3) is 3.07. The molecule has 0 radical (unpaired) electrons. The van der Waals surface area contributed by atoms with E-state index in [0.717, 1.165) is 5.69 Å². The van der Waals surface area contributed by atoms with E-state index in [1.54, 1.807) is 10.4 Å². The van der Waals surface area contributed by atoms with Crippen molar-refractivity contribution < 1.29 is 14.3 Å². The monoisotopic (exact) mass is 268 g/mol. The van der Waals surface area contributed by atoms with E-state index in [1.807, 2.05) is 5.38 Å². The van der Waals surface area contributed by atoms with Gasteiger partial charge in [0.2, 0.25) is 5.91 Å². The van der Waals surface area contributed by atoms with Gasteiger partial charge in [0.1, 0.15) is 0 Å². The molecule has 1 saturated heterocycles. The number of hydrogen-bond acceptors (Lipinski definition) is 5. The van der Waals surface area contributed by atoms with E-state index in [2.05, 4.69) is 4.98 Å². The maximum absolute atomic E-state index is 12.0. The molecule has 0 atom stereocenters. The summed E-state index contributed by atoms with van der Waals surface area (Å²) in [6, 6.07) is 0. The van der Waals surface area contributed by atoms with Crippen LogP contribution in [0.5, 0.6) is 0 Å². The molecule has 1 aromatic heterocycles. The number of hydrogen-bond donors (Lipinski definition) is 0. The lowest BCUT2D eigenvalue weighted by molar-refractivity contribution is -0.148. The van der Waals surface area contributed by atoms with Crippen molar-refractivity contribution >= 4 is 23.2 Å². The summed E-state index contributed by atoms with van der Waals surface area (Å²) in [4.78, 5) is 29.3. The number of nitrogens with zero attached hydrogens (tertiary/aromatic N) is 2. The third-order valence-corrected chi connectivity index (χ3v) is 3.83. The predicted octanol–water partition coefficient (Wildman–Crippen LogP) is 1.10. The lowest BCUT2D eigenvalue weighted by Crippen LogP contribution is -2.41. The van der Waals surface area contributed by atoms with Gasteiger partial charge in [0.25, 0.3) is 0 Å². The fourth-order valence-electron chi connectivity index (χ4n) is 2.12. The molecule has 6 heteroatoms. The van der Waals surface area contributed by atoms with E-state index in [-0.39, 0.29) is 17.8 Å². The van der Waals surface area contributed by atoms with Gasteiger partial charge >= 0.3 is 5.97 Å². The standard InChI is InChI=1S/C12H16N2O3S/c1-17-12(16)9-2-4-14(5-3-9)11(15)6-10-7-18-8-13-10/h7-9H,2-6H2,1H3. The lowest BCUT2D eigenvalue weighted by atomic mass is 9.97. The van der Waals surface area contributed by atoms with E-state index in [1.165, 1.54) is 18.4 Å². The highest BCUT2D eigenvalue weighted by Gasteiger charge is 2.27. The predicted molar refractivity (Wildman–Crippen MR) is 67.1 cm³/mol. The zero-order chi connectivity index (χ0) is 13.0. The second kappa shape index (κ2) is 5.95. The van der Waals surface area contributed by atoms with Gasteiger partial charge in [-0.15, -0.1) is 11.3 Å². The molecule has 2 heterocycles. The number of aromatic nitrogens is 1. The van der Waals surface area contributed by atoms with Crippen LogP contribution in [0.1, 0.15) is 18.5 Å². The average Bonchev–Trinajstić information content (AvgIpc) is 2.91. The summed E-state index contributed by atoms with van der Waals surface area (Å²) in [6.45, 7) is 1.26. The summed E-state index contributed by atoms with van der Waals surface area (Å²) in [5.74, 6) is -0.135. The van der Waals surface area contributed by atoms with E-state index < -0.39 is 0 Å². The Hall–Kier alpha value is -1.43. The zero-order valence-corrected chi connectivity index (χ0v) is 11.1. The summed E-state index contributed by atoms with van der Waals surface area (Å²) in [7, 11) is 1.40. The minimum Gasteiger partial charge on any atom is -0.469 e. The van der Waals surface area contributed by atoms with Crippen LogP contribution in [0.15, 0.2) is 10.9 Å². The smallest absolute Gasteiger partial charge is 0.308 e. The maximum Gasteiger partial charge on any atom is 0.308 e. The molecule has 0 aliphatic carbocycles. The summed E-state index contributed by atoms with van der Waals surface area (Å²) in [5.41, 5.74) is 2.55. The molecule has 2 rings (SSSR count). The Kier molecular flexibility index (Phi) is 4.30. The number of ether oxygens (including phenoxy) is 1. The van der Waals surface area contributed by atoms with Gasteiger partial charge in [-0.3, -0.25) is 9.59 Å². The Labute approximate surface area is 110 Å². The van der Waals surface area contributed by atoms with Crippen LogP contribution in [0.4, 0.5) is 0 Å². The zero-order valence-electron chi connectivity index (χ0n) is 10.3.